The van der Waals surface area contributed by atoms with E-state index >= 15 is 0 Å². The van der Waals surface area contributed by atoms with Crippen molar-refractivity contribution < 1.29 is 27.2 Å². The Labute approximate surface area is 179 Å². The highest BCUT2D eigenvalue weighted by molar-refractivity contribution is 5.95. The summed E-state index contributed by atoms with van der Waals surface area (Å²) in [6.07, 6.45) is -3.20. The quantitative estimate of drug-likeness (QED) is 0.502. The molecule has 2 amide bonds. The molecule has 0 unspecified atom stereocenters. The Hall–Kier alpha value is -4.02. The van der Waals surface area contributed by atoms with Crippen molar-refractivity contribution in [1.82, 2.24) is 15.3 Å². The van der Waals surface area contributed by atoms with Crippen LogP contribution in [0, 0.1) is 5.82 Å². The number of hydrogen-bond acceptors (Lipinski definition) is 5. The van der Waals surface area contributed by atoms with Gasteiger partial charge in [0, 0.05) is 18.5 Å². The predicted molar refractivity (Wildman–Crippen MR) is 107 cm³/mol. The van der Waals surface area contributed by atoms with Crippen molar-refractivity contribution in [3.05, 3.63) is 88.1 Å². The van der Waals surface area contributed by atoms with Gasteiger partial charge in [-0.25, -0.2) is 14.4 Å². The summed E-state index contributed by atoms with van der Waals surface area (Å²) >= 11 is 0. The van der Waals surface area contributed by atoms with Gasteiger partial charge in [0.25, 0.3) is 11.8 Å². The number of rotatable bonds is 6. The van der Waals surface area contributed by atoms with Crippen LogP contribution in [0.3, 0.4) is 0 Å². The lowest BCUT2D eigenvalue weighted by molar-refractivity contribution is -0.138. The fourth-order valence-electron chi connectivity index (χ4n) is 2.98. The average molecular weight is 447 g/mol. The summed E-state index contributed by atoms with van der Waals surface area (Å²) in [7, 11) is 0. The number of benzene rings is 2. The Morgan fingerprint density at radius 3 is 2.53 bits per heavy atom. The van der Waals surface area contributed by atoms with Crippen molar-refractivity contribution in [2.75, 3.05) is 5.73 Å². The molecule has 166 valence electrons. The molecule has 0 atom stereocenters. The highest BCUT2D eigenvalue weighted by Crippen LogP contribution is 2.32. The van der Waals surface area contributed by atoms with Gasteiger partial charge in [-0.2, -0.15) is 13.2 Å². The van der Waals surface area contributed by atoms with Crippen molar-refractivity contribution in [3.63, 3.8) is 0 Å². The van der Waals surface area contributed by atoms with Crippen LogP contribution in [-0.2, 0) is 19.1 Å². The summed E-state index contributed by atoms with van der Waals surface area (Å²) in [6, 6.07) is 8.54. The molecule has 0 radical (unpaired) electrons. The number of halogens is 4. The third-order valence-electron chi connectivity index (χ3n) is 4.48. The van der Waals surface area contributed by atoms with Crippen molar-refractivity contribution >= 4 is 17.6 Å². The number of nitrogens with two attached hydrogens (primary N) is 2. The zero-order valence-corrected chi connectivity index (χ0v) is 16.4. The Morgan fingerprint density at radius 2 is 1.84 bits per heavy atom. The molecular formula is C21H17F4N5O2. The van der Waals surface area contributed by atoms with Crippen LogP contribution in [0.1, 0.15) is 43.2 Å². The number of aromatic nitrogens is 2. The third kappa shape index (κ3) is 5.36. The number of nitrogen functional groups attached to an aromatic ring is 1. The highest BCUT2D eigenvalue weighted by Gasteiger charge is 2.33. The second-order valence-corrected chi connectivity index (χ2v) is 6.82. The summed E-state index contributed by atoms with van der Waals surface area (Å²) in [5.74, 6) is -2.58. The summed E-state index contributed by atoms with van der Waals surface area (Å²) in [4.78, 5) is 31.8. The van der Waals surface area contributed by atoms with E-state index in [2.05, 4.69) is 15.3 Å². The van der Waals surface area contributed by atoms with Crippen molar-refractivity contribution in [2.45, 2.75) is 19.1 Å². The lowest BCUT2D eigenvalue weighted by atomic mass is 10.0. The van der Waals surface area contributed by atoms with Crippen molar-refractivity contribution in [1.29, 1.82) is 0 Å². The van der Waals surface area contributed by atoms with Gasteiger partial charge in [-0.05, 0) is 35.4 Å². The number of alkyl halides is 3. The normalized spacial score (nSPS) is 11.2. The summed E-state index contributed by atoms with van der Waals surface area (Å²) in [5.41, 5.74) is 10.4. The summed E-state index contributed by atoms with van der Waals surface area (Å²) < 4.78 is 52.6. The van der Waals surface area contributed by atoms with E-state index in [1.807, 2.05) is 0 Å². The van der Waals surface area contributed by atoms with E-state index in [1.165, 1.54) is 18.3 Å². The minimum Gasteiger partial charge on any atom is -0.382 e. The maximum atomic E-state index is 13.2. The Kier molecular flexibility index (Phi) is 6.37. The number of anilines is 1. The van der Waals surface area contributed by atoms with Crippen LogP contribution >= 0.6 is 0 Å². The highest BCUT2D eigenvalue weighted by atomic mass is 19.4. The zero-order valence-electron chi connectivity index (χ0n) is 16.4. The number of nitrogens with one attached hydrogen (secondary N) is 1. The molecule has 5 N–H and O–H groups in total. The van der Waals surface area contributed by atoms with E-state index in [0.29, 0.717) is 17.3 Å². The molecule has 0 bridgehead atoms. The number of carbonyl (C=O) groups excluding carboxylic acids is 2. The predicted octanol–water partition coefficient (Wildman–Crippen LogP) is 2.84. The summed E-state index contributed by atoms with van der Waals surface area (Å²) in [5, 5.41) is 2.40. The molecule has 0 aliphatic carbocycles. The number of hydrogen-bond donors (Lipinski definition) is 3. The van der Waals surface area contributed by atoms with E-state index in [1.54, 1.807) is 12.1 Å². The fraction of sp³-hybridized carbons (Fsp3) is 0.143. The number of amides is 2. The summed E-state index contributed by atoms with van der Waals surface area (Å²) in [6.45, 7) is -0.441. The van der Waals surface area contributed by atoms with Crippen LogP contribution in [0.5, 0.6) is 0 Å². The standard InChI is InChI=1S/C21H17F4N5O2/c22-14-5-4-13(16(8-14)21(23,24)25)9-29-20(32)12-3-1-2-11(6-12)7-15-10-28-18(26)17(30-15)19(27)31/h1-6,8,10H,7,9H2,(H2,26,28)(H2,27,31)(H,29,32). The molecule has 0 saturated heterocycles. The van der Waals surface area contributed by atoms with Gasteiger partial charge < -0.3 is 16.8 Å². The molecule has 0 aliphatic rings. The Balaban J connectivity index is 1.74. The lowest BCUT2D eigenvalue weighted by Crippen LogP contribution is -2.24. The number of primary amides is 1. The molecule has 32 heavy (non-hydrogen) atoms. The van der Waals surface area contributed by atoms with Crippen LogP contribution in [0.2, 0.25) is 0 Å². The molecule has 2 aromatic carbocycles. The molecule has 3 rings (SSSR count). The number of nitrogens with zero attached hydrogens (tertiary/aromatic N) is 2. The Bertz CT molecular complexity index is 1180. The third-order valence-corrected chi connectivity index (χ3v) is 4.48. The molecule has 0 fully saturated rings. The molecule has 7 nitrogen and oxygen atoms in total. The van der Waals surface area contributed by atoms with Crippen LogP contribution in [0.4, 0.5) is 23.4 Å². The van der Waals surface area contributed by atoms with E-state index in [4.69, 9.17) is 11.5 Å². The van der Waals surface area contributed by atoms with Crippen LogP contribution in [-0.4, -0.2) is 21.8 Å². The van der Waals surface area contributed by atoms with Gasteiger partial charge in [-0.3, -0.25) is 9.59 Å². The van der Waals surface area contributed by atoms with E-state index in [0.717, 1.165) is 12.1 Å². The lowest BCUT2D eigenvalue weighted by Gasteiger charge is -2.14. The zero-order chi connectivity index (χ0) is 23.5. The molecule has 0 spiro atoms. The van der Waals surface area contributed by atoms with Crippen LogP contribution < -0.4 is 16.8 Å². The van der Waals surface area contributed by atoms with Gasteiger partial charge in [0.05, 0.1) is 17.5 Å². The second-order valence-electron chi connectivity index (χ2n) is 6.82. The molecule has 1 heterocycles. The first-order valence-corrected chi connectivity index (χ1v) is 9.18. The second kappa shape index (κ2) is 9.00. The van der Waals surface area contributed by atoms with Crippen molar-refractivity contribution in [2.24, 2.45) is 5.73 Å². The monoisotopic (exact) mass is 447 g/mol. The average Bonchev–Trinajstić information content (AvgIpc) is 2.73. The fourth-order valence-corrected chi connectivity index (χ4v) is 2.98. The first-order chi connectivity index (χ1) is 15.0. The minimum absolute atomic E-state index is 0.103. The van der Waals surface area contributed by atoms with Gasteiger partial charge in [-0.1, -0.05) is 18.2 Å². The Morgan fingerprint density at radius 1 is 1.09 bits per heavy atom. The van der Waals surface area contributed by atoms with E-state index < -0.39 is 35.9 Å². The van der Waals surface area contributed by atoms with Crippen molar-refractivity contribution in [3.8, 4) is 0 Å². The van der Waals surface area contributed by atoms with Gasteiger partial charge in [0.2, 0.25) is 0 Å². The largest absolute Gasteiger partial charge is 0.416 e. The smallest absolute Gasteiger partial charge is 0.382 e. The SMILES string of the molecule is NC(=O)c1nc(Cc2cccc(C(=O)NCc3ccc(F)cc3C(F)(F)F)c2)cnc1N. The first kappa shape index (κ1) is 22.7. The molecular weight excluding hydrogens is 430 g/mol. The van der Waals surface area contributed by atoms with E-state index in [-0.39, 0.29) is 29.1 Å². The van der Waals surface area contributed by atoms with Gasteiger partial charge >= 0.3 is 6.18 Å². The molecule has 0 saturated carbocycles. The molecule has 3 aromatic rings. The van der Waals surface area contributed by atoms with E-state index in [9.17, 15) is 27.2 Å². The topological polar surface area (TPSA) is 124 Å². The van der Waals surface area contributed by atoms with Crippen LogP contribution in [0.15, 0.2) is 48.7 Å². The molecule has 0 aliphatic heterocycles. The number of carbonyl (C=O) groups is 2. The maximum Gasteiger partial charge on any atom is 0.416 e. The molecule has 11 heteroatoms. The maximum absolute atomic E-state index is 13.2. The minimum atomic E-state index is -4.76. The molecule has 1 aromatic heterocycles. The van der Waals surface area contributed by atoms with Crippen LogP contribution in [0.25, 0.3) is 0 Å². The van der Waals surface area contributed by atoms with Gasteiger partial charge in [0.15, 0.2) is 11.5 Å². The van der Waals surface area contributed by atoms with Gasteiger partial charge in [0.1, 0.15) is 5.82 Å². The first-order valence-electron chi connectivity index (χ1n) is 9.18. The van der Waals surface area contributed by atoms with Gasteiger partial charge in [-0.15, -0.1) is 0 Å².